The lowest BCUT2D eigenvalue weighted by atomic mass is 10.1. The summed E-state index contributed by atoms with van der Waals surface area (Å²) >= 11 is 0. The Balaban J connectivity index is 2.39. The molecule has 6 nitrogen and oxygen atoms in total. The molecule has 6 heteroatoms. The number of rotatable bonds is 11. The number of benzene rings is 1. The molecule has 0 aliphatic rings. The van der Waals surface area contributed by atoms with Crippen molar-refractivity contribution in [3.63, 3.8) is 0 Å². The SMILES string of the molecule is CCNC(=NCC(O)c1ccc(OC)cc1)NCCCOCC(C)C. The van der Waals surface area contributed by atoms with Crippen LogP contribution in [0, 0.1) is 5.92 Å². The molecule has 0 saturated carbocycles. The van der Waals surface area contributed by atoms with E-state index in [0.717, 1.165) is 44.0 Å². The maximum Gasteiger partial charge on any atom is 0.191 e. The minimum absolute atomic E-state index is 0.297. The van der Waals surface area contributed by atoms with E-state index in [4.69, 9.17) is 9.47 Å². The van der Waals surface area contributed by atoms with E-state index in [1.165, 1.54) is 0 Å². The minimum atomic E-state index is -0.643. The molecule has 1 rings (SSSR count). The Hall–Kier alpha value is -1.79. The molecular weight excluding hydrogens is 318 g/mol. The van der Waals surface area contributed by atoms with Crippen LogP contribution in [-0.2, 0) is 4.74 Å². The van der Waals surface area contributed by atoms with E-state index in [-0.39, 0.29) is 0 Å². The van der Waals surface area contributed by atoms with Gasteiger partial charge in [-0.15, -0.1) is 0 Å². The zero-order chi connectivity index (χ0) is 18.5. The Morgan fingerprint density at radius 2 is 1.92 bits per heavy atom. The highest BCUT2D eigenvalue weighted by Crippen LogP contribution is 2.17. The van der Waals surface area contributed by atoms with Crippen molar-refractivity contribution in [2.24, 2.45) is 10.9 Å². The maximum atomic E-state index is 10.3. The van der Waals surface area contributed by atoms with Gasteiger partial charge in [-0.05, 0) is 37.0 Å². The van der Waals surface area contributed by atoms with Gasteiger partial charge in [0.2, 0.25) is 0 Å². The van der Waals surface area contributed by atoms with Crippen molar-refractivity contribution in [1.29, 1.82) is 0 Å². The van der Waals surface area contributed by atoms with E-state index in [9.17, 15) is 5.11 Å². The van der Waals surface area contributed by atoms with E-state index in [2.05, 4.69) is 29.5 Å². The van der Waals surface area contributed by atoms with Crippen LogP contribution in [-0.4, -0.2) is 51.0 Å². The molecule has 0 fully saturated rings. The van der Waals surface area contributed by atoms with Crippen LogP contribution >= 0.6 is 0 Å². The van der Waals surface area contributed by atoms with Gasteiger partial charge in [-0.1, -0.05) is 26.0 Å². The molecule has 0 spiro atoms. The number of guanidine groups is 1. The van der Waals surface area contributed by atoms with E-state index in [1.54, 1.807) is 7.11 Å². The summed E-state index contributed by atoms with van der Waals surface area (Å²) in [7, 11) is 1.62. The van der Waals surface area contributed by atoms with Crippen LogP contribution < -0.4 is 15.4 Å². The van der Waals surface area contributed by atoms with Gasteiger partial charge in [-0.25, -0.2) is 0 Å². The second kappa shape index (κ2) is 12.6. The van der Waals surface area contributed by atoms with Crippen LogP contribution in [0.4, 0.5) is 0 Å². The van der Waals surface area contributed by atoms with Crippen molar-refractivity contribution in [2.45, 2.75) is 33.3 Å². The zero-order valence-electron chi connectivity index (χ0n) is 15.9. The van der Waals surface area contributed by atoms with Gasteiger partial charge in [-0.3, -0.25) is 4.99 Å². The maximum absolute atomic E-state index is 10.3. The molecule has 1 aromatic rings. The second-order valence-corrected chi connectivity index (χ2v) is 6.26. The molecule has 0 bridgehead atoms. The Labute approximate surface area is 151 Å². The van der Waals surface area contributed by atoms with Gasteiger partial charge >= 0.3 is 0 Å². The number of aliphatic imine (C=N–C) groups is 1. The van der Waals surface area contributed by atoms with Gasteiger partial charge < -0.3 is 25.2 Å². The molecule has 0 amide bonds. The second-order valence-electron chi connectivity index (χ2n) is 6.26. The lowest BCUT2D eigenvalue weighted by Crippen LogP contribution is -2.38. The minimum Gasteiger partial charge on any atom is -0.497 e. The van der Waals surface area contributed by atoms with Gasteiger partial charge in [0, 0.05) is 26.3 Å². The Morgan fingerprint density at radius 3 is 2.52 bits per heavy atom. The average molecular weight is 351 g/mol. The standard InChI is InChI=1S/C19H33N3O3/c1-5-20-19(21-11-6-12-25-14-15(2)3)22-13-18(23)16-7-9-17(24-4)10-8-16/h7-10,15,18,23H,5-6,11-14H2,1-4H3,(H2,20,21,22). The topological polar surface area (TPSA) is 75.1 Å². The summed E-state index contributed by atoms with van der Waals surface area (Å²) in [5, 5.41) is 16.7. The van der Waals surface area contributed by atoms with E-state index in [0.29, 0.717) is 18.4 Å². The highest BCUT2D eigenvalue weighted by molar-refractivity contribution is 5.79. The third kappa shape index (κ3) is 9.31. The molecular formula is C19H33N3O3. The molecule has 0 radical (unpaired) electrons. The van der Waals surface area contributed by atoms with Crippen LogP contribution in [0.5, 0.6) is 5.75 Å². The average Bonchev–Trinajstić information content (AvgIpc) is 2.62. The predicted molar refractivity (Wildman–Crippen MR) is 102 cm³/mol. The van der Waals surface area contributed by atoms with Crippen LogP contribution in [0.15, 0.2) is 29.3 Å². The summed E-state index contributed by atoms with van der Waals surface area (Å²) in [5.41, 5.74) is 0.822. The zero-order valence-corrected chi connectivity index (χ0v) is 15.9. The molecule has 1 aromatic carbocycles. The van der Waals surface area contributed by atoms with Crippen LogP contribution in [0.2, 0.25) is 0 Å². The van der Waals surface area contributed by atoms with E-state index >= 15 is 0 Å². The van der Waals surface area contributed by atoms with Crippen molar-refractivity contribution in [2.75, 3.05) is 40.0 Å². The fraction of sp³-hybridized carbons (Fsp3) is 0.632. The lowest BCUT2D eigenvalue weighted by Gasteiger charge is -2.14. The molecule has 0 aromatic heterocycles. The molecule has 142 valence electrons. The quantitative estimate of drug-likeness (QED) is 0.324. The molecule has 25 heavy (non-hydrogen) atoms. The third-order valence-corrected chi connectivity index (χ3v) is 3.48. The smallest absolute Gasteiger partial charge is 0.191 e. The molecule has 0 heterocycles. The van der Waals surface area contributed by atoms with Gasteiger partial charge in [-0.2, -0.15) is 0 Å². The molecule has 0 aliphatic heterocycles. The number of nitrogens with one attached hydrogen (secondary N) is 2. The first-order chi connectivity index (χ1) is 12.1. The Kier molecular flexibility index (Phi) is 10.7. The number of nitrogens with zero attached hydrogens (tertiary/aromatic N) is 1. The monoisotopic (exact) mass is 351 g/mol. The predicted octanol–water partition coefficient (Wildman–Crippen LogP) is 2.35. The van der Waals surface area contributed by atoms with Crippen molar-refractivity contribution in [1.82, 2.24) is 10.6 Å². The summed E-state index contributed by atoms with van der Waals surface area (Å²) in [6, 6.07) is 7.38. The summed E-state index contributed by atoms with van der Waals surface area (Å²) in [5.74, 6) is 2.04. The molecule has 1 unspecified atom stereocenters. The summed E-state index contributed by atoms with van der Waals surface area (Å²) in [6.45, 7) is 9.68. The van der Waals surface area contributed by atoms with Crippen molar-refractivity contribution in [3.8, 4) is 5.75 Å². The van der Waals surface area contributed by atoms with Gasteiger partial charge in [0.15, 0.2) is 5.96 Å². The summed E-state index contributed by atoms with van der Waals surface area (Å²) < 4.78 is 10.7. The van der Waals surface area contributed by atoms with Crippen LogP contribution in [0.1, 0.15) is 38.9 Å². The fourth-order valence-electron chi connectivity index (χ4n) is 2.15. The highest BCUT2D eigenvalue weighted by Gasteiger charge is 2.07. The van der Waals surface area contributed by atoms with Crippen molar-refractivity contribution in [3.05, 3.63) is 29.8 Å². The van der Waals surface area contributed by atoms with Crippen LogP contribution in [0.25, 0.3) is 0 Å². The number of aliphatic hydroxyl groups is 1. The highest BCUT2D eigenvalue weighted by atomic mass is 16.5. The number of ether oxygens (including phenoxy) is 2. The number of hydrogen-bond donors (Lipinski definition) is 3. The number of hydrogen-bond acceptors (Lipinski definition) is 4. The first-order valence-corrected chi connectivity index (χ1v) is 8.98. The molecule has 1 atom stereocenters. The largest absolute Gasteiger partial charge is 0.497 e. The van der Waals surface area contributed by atoms with E-state index in [1.807, 2.05) is 31.2 Å². The normalized spacial score (nSPS) is 13.0. The van der Waals surface area contributed by atoms with Gasteiger partial charge in [0.1, 0.15) is 5.75 Å². The lowest BCUT2D eigenvalue weighted by molar-refractivity contribution is 0.108. The Morgan fingerprint density at radius 1 is 1.20 bits per heavy atom. The number of methoxy groups -OCH3 is 1. The third-order valence-electron chi connectivity index (χ3n) is 3.48. The summed E-state index contributed by atoms with van der Waals surface area (Å²) in [4.78, 5) is 4.45. The molecule has 0 aliphatic carbocycles. The van der Waals surface area contributed by atoms with Gasteiger partial charge in [0.25, 0.3) is 0 Å². The fourth-order valence-corrected chi connectivity index (χ4v) is 2.15. The van der Waals surface area contributed by atoms with Gasteiger partial charge in [0.05, 0.1) is 19.8 Å². The summed E-state index contributed by atoms with van der Waals surface area (Å²) in [6.07, 6.45) is 0.272. The molecule has 0 saturated heterocycles. The van der Waals surface area contributed by atoms with Crippen LogP contribution in [0.3, 0.4) is 0 Å². The van der Waals surface area contributed by atoms with Crippen molar-refractivity contribution < 1.29 is 14.6 Å². The first kappa shape index (κ1) is 21.3. The number of aliphatic hydroxyl groups excluding tert-OH is 1. The van der Waals surface area contributed by atoms with Crippen molar-refractivity contribution >= 4 is 5.96 Å². The van der Waals surface area contributed by atoms with E-state index < -0.39 is 6.10 Å². The Bertz CT molecular complexity index is 489. The first-order valence-electron chi connectivity index (χ1n) is 8.98. The molecule has 3 N–H and O–H groups in total.